The summed E-state index contributed by atoms with van der Waals surface area (Å²) >= 11 is 4.34. The van der Waals surface area contributed by atoms with E-state index >= 15 is 0 Å². The minimum Gasteiger partial charge on any atom is -0.490 e. The Hall–Kier alpha value is -3.61. The summed E-state index contributed by atoms with van der Waals surface area (Å²) in [6.07, 6.45) is 1.62. The zero-order valence-corrected chi connectivity index (χ0v) is 21.6. The second kappa shape index (κ2) is 11.4. The van der Waals surface area contributed by atoms with Gasteiger partial charge in [0.15, 0.2) is 11.5 Å². The van der Waals surface area contributed by atoms with Crippen LogP contribution in [0.15, 0.2) is 70.0 Å². The van der Waals surface area contributed by atoms with Gasteiger partial charge in [0.2, 0.25) is 0 Å². The molecule has 9 heteroatoms. The molecule has 0 unspecified atom stereocenters. The van der Waals surface area contributed by atoms with E-state index in [4.69, 9.17) is 9.47 Å². The van der Waals surface area contributed by atoms with Crippen molar-refractivity contribution in [1.82, 2.24) is 4.90 Å². The van der Waals surface area contributed by atoms with Crippen molar-refractivity contribution in [3.8, 4) is 17.6 Å². The average Bonchev–Trinajstić information content (AvgIpc) is 3.12. The van der Waals surface area contributed by atoms with Gasteiger partial charge in [-0.05, 0) is 71.8 Å². The summed E-state index contributed by atoms with van der Waals surface area (Å²) in [5.41, 5.74) is 2.31. The molecule has 0 radical (unpaired) electrons. The van der Waals surface area contributed by atoms with Gasteiger partial charge in [-0.1, -0.05) is 46.3 Å². The smallest absolute Gasteiger partial charge is 0.293 e. The van der Waals surface area contributed by atoms with Crippen molar-refractivity contribution in [2.75, 3.05) is 6.61 Å². The fourth-order valence-electron chi connectivity index (χ4n) is 3.55. The number of hydrogen-bond acceptors (Lipinski definition) is 6. The molecule has 3 aromatic rings. The molecule has 36 heavy (non-hydrogen) atoms. The van der Waals surface area contributed by atoms with Crippen LogP contribution in [-0.2, 0) is 17.9 Å². The molecule has 0 atom stereocenters. The average molecular weight is 567 g/mol. The lowest BCUT2D eigenvalue weighted by atomic mass is 10.1. The monoisotopic (exact) mass is 566 g/mol. The van der Waals surface area contributed by atoms with Gasteiger partial charge in [-0.2, -0.15) is 5.26 Å². The van der Waals surface area contributed by atoms with Crippen molar-refractivity contribution >= 4 is 44.9 Å². The lowest BCUT2D eigenvalue weighted by Gasteiger charge is -2.15. The van der Waals surface area contributed by atoms with Crippen LogP contribution >= 0.6 is 27.7 Å². The summed E-state index contributed by atoms with van der Waals surface area (Å²) in [5.74, 6) is 0.119. The summed E-state index contributed by atoms with van der Waals surface area (Å²) < 4.78 is 25.7. The molecule has 0 saturated carbocycles. The summed E-state index contributed by atoms with van der Waals surface area (Å²) in [6, 6.07) is 18.5. The first-order valence-corrected chi connectivity index (χ1v) is 12.6. The number of rotatable bonds is 8. The van der Waals surface area contributed by atoms with Crippen LogP contribution < -0.4 is 9.47 Å². The highest BCUT2D eigenvalue weighted by Crippen LogP contribution is 2.39. The normalized spacial score (nSPS) is 14.3. The first-order valence-electron chi connectivity index (χ1n) is 11.0. The number of amides is 2. The predicted molar refractivity (Wildman–Crippen MR) is 139 cm³/mol. The number of ether oxygens (including phenoxy) is 2. The summed E-state index contributed by atoms with van der Waals surface area (Å²) in [4.78, 5) is 27.0. The Morgan fingerprint density at radius 1 is 1.08 bits per heavy atom. The van der Waals surface area contributed by atoms with Gasteiger partial charge < -0.3 is 9.47 Å². The molecule has 1 aliphatic rings. The van der Waals surface area contributed by atoms with Crippen LogP contribution in [0.25, 0.3) is 6.08 Å². The van der Waals surface area contributed by atoms with E-state index in [-0.39, 0.29) is 23.9 Å². The van der Waals surface area contributed by atoms with E-state index in [0.717, 1.165) is 16.7 Å². The first-order chi connectivity index (χ1) is 17.4. The highest BCUT2D eigenvalue weighted by atomic mass is 79.9. The van der Waals surface area contributed by atoms with Crippen molar-refractivity contribution in [2.24, 2.45) is 0 Å². The Balaban J connectivity index is 1.57. The van der Waals surface area contributed by atoms with Crippen LogP contribution in [0.2, 0.25) is 0 Å². The van der Waals surface area contributed by atoms with Crippen LogP contribution in [0, 0.1) is 17.1 Å². The highest BCUT2D eigenvalue weighted by molar-refractivity contribution is 9.10. The van der Waals surface area contributed by atoms with E-state index in [0.29, 0.717) is 44.8 Å². The van der Waals surface area contributed by atoms with Crippen LogP contribution in [0.1, 0.15) is 29.2 Å². The Labute approximate surface area is 220 Å². The maximum atomic E-state index is 13.5. The fraction of sp³-hybridized carbons (Fsp3) is 0.148. The van der Waals surface area contributed by atoms with Crippen LogP contribution in [0.5, 0.6) is 11.5 Å². The van der Waals surface area contributed by atoms with Gasteiger partial charge in [0, 0.05) is 4.47 Å². The number of nitriles is 1. The molecule has 1 aliphatic heterocycles. The topological polar surface area (TPSA) is 79.6 Å². The lowest BCUT2D eigenvalue weighted by molar-refractivity contribution is -0.123. The maximum absolute atomic E-state index is 13.5. The standard InChI is InChI=1S/C27H20BrFN2O4S/c1-2-34-23-11-20(22(28)13-24(23)35-16-17-6-5-9-21(29)10-17)12-25-26(32)31(27(33)36-25)15-19-8-4-3-7-18(19)14-30/h3-13H,2,15-16H2,1H3/b25-12+. The van der Waals surface area contributed by atoms with Crippen LogP contribution in [0.4, 0.5) is 9.18 Å². The van der Waals surface area contributed by atoms with Gasteiger partial charge in [0.1, 0.15) is 12.4 Å². The molecule has 1 heterocycles. The minimum absolute atomic E-state index is 0.0178. The highest BCUT2D eigenvalue weighted by Gasteiger charge is 2.35. The first kappa shape index (κ1) is 25.5. The Morgan fingerprint density at radius 3 is 2.61 bits per heavy atom. The summed E-state index contributed by atoms with van der Waals surface area (Å²) in [5, 5.41) is 8.90. The molecular formula is C27H20BrFN2O4S. The Bertz CT molecular complexity index is 1400. The van der Waals surface area contributed by atoms with E-state index in [9.17, 15) is 19.2 Å². The van der Waals surface area contributed by atoms with E-state index in [2.05, 4.69) is 22.0 Å². The predicted octanol–water partition coefficient (Wildman–Crippen LogP) is 6.67. The van der Waals surface area contributed by atoms with Gasteiger partial charge in [0.05, 0.1) is 29.7 Å². The van der Waals surface area contributed by atoms with Crippen LogP contribution in [-0.4, -0.2) is 22.7 Å². The molecule has 2 amide bonds. The molecule has 6 nitrogen and oxygen atoms in total. The van der Waals surface area contributed by atoms with Crippen molar-refractivity contribution in [1.29, 1.82) is 5.26 Å². The largest absolute Gasteiger partial charge is 0.490 e. The molecule has 0 spiro atoms. The van der Waals surface area contributed by atoms with Gasteiger partial charge >= 0.3 is 0 Å². The van der Waals surface area contributed by atoms with Crippen LogP contribution in [0.3, 0.4) is 0 Å². The zero-order chi connectivity index (χ0) is 25.7. The third-order valence-electron chi connectivity index (χ3n) is 5.27. The molecule has 1 saturated heterocycles. The van der Waals surface area contributed by atoms with Crippen molar-refractivity contribution in [3.05, 3.63) is 98.1 Å². The lowest BCUT2D eigenvalue weighted by Crippen LogP contribution is -2.27. The molecule has 1 fully saturated rings. The number of carbonyl (C=O) groups is 2. The summed E-state index contributed by atoms with van der Waals surface area (Å²) in [6.45, 7) is 2.38. The Kier molecular flexibility index (Phi) is 8.08. The van der Waals surface area contributed by atoms with E-state index < -0.39 is 11.1 Å². The van der Waals surface area contributed by atoms with Gasteiger partial charge in [0.25, 0.3) is 11.1 Å². The van der Waals surface area contributed by atoms with Gasteiger partial charge in [-0.3, -0.25) is 14.5 Å². The summed E-state index contributed by atoms with van der Waals surface area (Å²) in [7, 11) is 0. The van der Waals surface area contributed by atoms with Gasteiger partial charge in [-0.25, -0.2) is 4.39 Å². The number of halogens is 2. The maximum Gasteiger partial charge on any atom is 0.293 e. The second-order valence-corrected chi connectivity index (χ2v) is 9.56. The molecule has 0 aliphatic carbocycles. The molecular weight excluding hydrogens is 547 g/mol. The third kappa shape index (κ3) is 5.78. The third-order valence-corrected chi connectivity index (χ3v) is 6.87. The molecule has 3 aromatic carbocycles. The number of hydrogen-bond donors (Lipinski definition) is 0. The Morgan fingerprint density at radius 2 is 1.86 bits per heavy atom. The number of carbonyl (C=O) groups excluding carboxylic acids is 2. The zero-order valence-electron chi connectivity index (χ0n) is 19.2. The van der Waals surface area contributed by atoms with E-state index in [1.54, 1.807) is 54.6 Å². The quantitative estimate of drug-likeness (QED) is 0.283. The molecule has 0 aromatic heterocycles. The number of benzene rings is 3. The second-order valence-electron chi connectivity index (χ2n) is 7.71. The minimum atomic E-state index is -0.436. The fourth-order valence-corrected chi connectivity index (χ4v) is 4.81. The van der Waals surface area contributed by atoms with E-state index in [1.165, 1.54) is 12.1 Å². The van der Waals surface area contributed by atoms with Gasteiger partial charge in [-0.15, -0.1) is 0 Å². The van der Waals surface area contributed by atoms with E-state index in [1.807, 2.05) is 6.92 Å². The number of nitrogens with zero attached hydrogens (tertiary/aromatic N) is 2. The SMILES string of the molecule is CCOc1cc(/C=C2/SC(=O)N(Cc3ccccc3C#N)C2=O)c(Br)cc1OCc1cccc(F)c1. The van der Waals surface area contributed by atoms with Crippen molar-refractivity contribution in [3.63, 3.8) is 0 Å². The molecule has 4 rings (SSSR count). The molecule has 0 N–H and O–H groups in total. The van der Waals surface area contributed by atoms with Crippen molar-refractivity contribution in [2.45, 2.75) is 20.1 Å². The number of thioether (sulfide) groups is 1. The van der Waals surface area contributed by atoms with Crippen molar-refractivity contribution < 1.29 is 23.5 Å². The number of imide groups is 1. The molecule has 0 bridgehead atoms. The molecule has 182 valence electrons.